The Balaban J connectivity index is 3.16. The van der Waals surface area contributed by atoms with Crippen LogP contribution in [0.2, 0.25) is 0 Å². The molecule has 0 radical (unpaired) electrons. The van der Waals surface area contributed by atoms with Gasteiger partial charge in [-0.15, -0.1) is 0 Å². The van der Waals surface area contributed by atoms with E-state index in [0.29, 0.717) is 6.07 Å². The molecule has 1 aromatic rings. The number of benzene rings is 1. The summed E-state index contributed by atoms with van der Waals surface area (Å²) in [5.41, 5.74) is -1.26. The van der Waals surface area contributed by atoms with Crippen LogP contribution in [0.3, 0.4) is 0 Å². The Hall–Kier alpha value is -1.88. The summed E-state index contributed by atoms with van der Waals surface area (Å²) in [5, 5.41) is 17.3. The van der Waals surface area contributed by atoms with Gasteiger partial charge >= 0.3 is 6.18 Å². The summed E-state index contributed by atoms with van der Waals surface area (Å²) in [6.45, 7) is -1.48. The Bertz CT molecular complexity index is 600. The van der Waals surface area contributed by atoms with Crippen molar-refractivity contribution >= 4 is 21.4 Å². The van der Waals surface area contributed by atoms with E-state index >= 15 is 0 Å². The predicted octanol–water partition coefficient (Wildman–Crippen LogP) is 1.22. The number of rotatable bonds is 4. The number of nitro groups is 1. The average molecular weight is 299 g/mol. The fourth-order valence-electron chi connectivity index (χ4n) is 1.18. The lowest BCUT2D eigenvalue weighted by Gasteiger charge is -2.10. The van der Waals surface area contributed by atoms with E-state index in [1.165, 1.54) is 0 Å². The topological polar surface area (TPSA) is 115 Å². The minimum Gasteiger partial charge on any atom is -0.371 e. The molecule has 0 fully saturated rings. The monoisotopic (exact) mass is 299 g/mol. The average Bonchev–Trinajstić information content (AvgIpc) is 2.23. The zero-order valence-corrected chi connectivity index (χ0v) is 9.96. The maximum Gasteiger partial charge on any atom is 0.405 e. The maximum absolute atomic E-state index is 12.0. The van der Waals surface area contributed by atoms with Gasteiger partial charge in [-0.2, -0.15) is 13.2 Å². The molecule has 0 atom stereocenters. The molecule has 0 heterocycles. The van der Waals surface area contributed by atoms with Gasteiger partial charge in [0.15, 0.2) is 0 Å². The maximum atomic E-state index is 12.0. The molecular formula is C8H8F3N3O4S. The van der Waals surface area contributed by atoms with Gasteiger partial charge in [-0.1, -0.05) is 0 Å². The first kappa shape index (κ1) is 15.2. The van der Waals surface area contributed by atoms with Crippen LogP contribution in [-0.2, 0) is 10.0 Å². The first-order valence-corrected chi connectivity index (χ1v) is 6.17. The van der Waals surface area contributed by atoms with Gasteiger partial charge in [-0.3, -0.25) is 10.1 Å². The molecule has 0 bridgehead atoms. The Morgan fingerprint density at radius 2 is 1.95 bits per heavy atom. The number of hydrogen-bond acceptors (Lipinski definition) is 5. The Morgan fingerprint density at radius 1 is 1.37 bits per heavy atom. The van der Waals surface area contributed by atoms with Gasteiger partial charge < -0.3 is 5.32 Å². The zero-order valence-electron chi connectivity index (χ0n) is 9.14. The number of nitrogens with two attached hydrogens (primary N) is 1. The molecule has 3 N–H and O–H groups in total. The third kappa shape index (κ3) is 4.37. The van der Waals surface area contributed by atoms with E-state index in [4.69, 9.17) is 5.14 Å². The molecule has 1 aromatic carbocycles. The Kier molecular flexibility index (Phi) is 4.00. The van der Waals surface area contributed by atoms with Crippen LogP contribution in [-0.4, -0.2) is 26.1 Å². The minimum absolute atomic E-state index is 0.449. The standard InChI is InChI=1S/C8H8F3N3O4S/c9-8(10,11)4-13-6-2-1-5(19(12,17)18)3-7(6)14(15)16/h1-3,13H,4H2,(H2,12,17,18). The van der Waals surface area contributed by atoms with Gasteiger partial charge in [0.05, 0.1) is 9.82 Å². The summed E-state index contributed by atoms with van der Waals surface area (Å²) < 4.78 is 58.0. The summed E-state index contributed by atoms with van der Waals surface area (Å²) >= 11 is 0. The van der Waals surface area contributed by atoms with Crippen molar-refractivity contribution in [3.63, 3.8) is 0 Å². The van der Waals surface area contributed by atoms with Crippen LogP contribution < -0.4 is 10.5 Å². The lowest BCUT2D eigenvalue weighted by Crippen LogP contribution is -2.22. The third-order valence-electron chi connectivity index (χ3n) is 1.97. The number of halogens is 3. The molecule has 0 aliphatic carbocycles. The van der Waals surface area contributed by atoms with Crippen LogP contribution in [0.4, 0.5) is 24.5 Å². The van der Waals surface area contributed by atoms with E-state index < -0.39 is 43.9 Å². The highest BCUT2D eigenvalue weighted by molar-refractivity contribution is 7.89. The molecule has 11 heteroatoms. The van der Waals surface area contributed by atoms with Gasteiger partial charge in [-0.05, 0) is 12.1 Å². The van der Waals surface area contributed by atoms with Gasteiger partial charge in [0.2, 0.25) is 10.0 Å². The number of nitrogens with one attached hydrogen (secondary N) is 1. The molecule has 0 amide bonds. The summed E-state index contributed by atoms with van der Waals surface area (Å²) in [5.74, 6) is 0. The molecule has 19 heavy (non-hydrogen) atoms. The molecule has 0 saturated heterocycles. The number of nitrogens with zero attached hydrogens (tertiary/aromatic N) is 1. The van der Waals surface area contributed by atoms with Crippen LogP contribution in [0, 0.1) is 10.1 Å². The highest BCUT2D eigenvalue weighted by Crippen LogP contribution is 2.28. The summed E-state index contributed by atoms with van der Waals surface area (Å²) in [7, 11) is -4.17. The number of primary sulfonamides is 1. The SMILES string of the molecule is NS(=O)(=O)c1ccc(NCC(F)(F)F)c([N+](=O)[O-])c1. The largest absolute Gasteiger partial charge is 0.405 e. The minimum atomic E-state index is -4.56. The van der Waals surface area contributed by atoms with Gasteiger partial charge in [-0.25, -0.2) is 13.6 Å². The lowest BCUT2D eigenvalue weighted by molar-refractivity contribution is -0.384. The van der Waals surface area contributed by atoms with Crippen molar-refractivity contribution in [1.29, 1.82) is 0 Å². The van der Waals surface area contributed by atoms with E-state index in [0.717, 1.165) is 12.1 Å². The molecule has 106 valence electrons. The fraction of sp³-hybridized carbons (Fsp3) is 0.250. The Morgan fingerprint density at radius 3 is 2.37 bits per heavy atom. The van der Waals surface area contributed by atoms with Gasteiger partial charge in [0.1, 0.15) is 12.2 Å². The fourth-order valence-corrected chi connectivity index (χ4v) is 1.72. The molecular weight excluding hydrogens is 291 g/mol. The van der Waals surface area contributed by atoms with E-state index in [2.05, 4.69) is 0 Å². The highest BCUT2D eigenvalue weighted by atomic mass is 32.2. The van der Waals surface area contributed by atoms with Crippen LogP contribution in [0.25, 0.3) is 0 Å². The second kappa shape index (κ2) is 5.01. The molecule has 0 saturated carbocycles. The first-order chi connectivity index (χ1) is 8.50. The van der Waals surface area contributed by atoms with Crippen LogP contribution >= 0.6 is 0 Å². The number of alkyl halides is 3. The smallest absolute Gasteiger partial charge is 0.371 e. The predicted molar refractivity (Wildman–Crippen MR) is 59.0 cm³/mol. The summed E-state index contributed by atoms with van der Waals surface area (Å²) in [4.78, 5) is 9.11. The number of anilines is 1. The van der Waals surface area contributed by atoms with Crippen LogP contribution in [0.15, 0.2) is 23.1 Å². The quantitative estimate of drug-likeness (QED) is 0.640. The normalized spacial score (nSPS) is 12.2. The summed E-state index contributed by atoms with van der Waals surface area (Å²) in [6.07, 6.45) is -4.56. The van der Waals surface area contributed by atoms with Crippen molar-refractivity contribution in [2.24, 2.45) is 5.14 Å². The van der Waals surface area contributed by atoms with Crippen LogP contribution in [0.5, 0.6) is 0 Å². The molecule has 0 aromatic heterocycles. The zero-order chi connectivity index (χ0) is 14.8. The Labute approximate surface area is 105 Å². The van der Waals surface area contributed by atoms with Crippen molar-refractivity contribution in [3.8, 4) is 0 Å². The molecule has 0 unspecified atom stereocenters. The van der Waals surface area contributed by atoms with E-state index in [-0.39, 0.29) is 0 Å². The van der Waals surface area contributed by atoms with Crippen molar-refractivity contribution in [3.05, 3.63) is 28.3 Å². The van der Waals surface area contributed by atoms with E-state index in [1.54, 1.807) is 0 Å². The summed E-state index contributed by atoms with van der Waals surface area (Å²) in [6, 6.07) is 2.32. The molecule has 0 spiro atoms. The third-order valence-corrected chi connectivity index (χ3v) is 2.88. The highest BCUT2D eigenvalue weighted by Gasteiger charge is 2.28. The van der Waals surface area contributed by atoms with E-state index in [9.17, 15) is 31.7 Å². The van der Waals surface area contributed by atoms with Gasteiger partial charge in [0, 0.05) is 6.07 Å². The molecule has 0 aliphatic heterocycles. The van der Waals surface area contributed by atoms with Crippen molar-refractivity contribution in [2.45, 2.75) is 11.1 Å². The number of hydrogen-bond donors (Lipinski definition) is 2. The molecule has 1 rings (SSSR count). The van der Waals surface area contributed by atoms with Crippen molar-refractivity contribution in [1.82, 2.24) is 0 Å². The van der Waals surface area contributed by atoms with Crippen molar-refractivity contribution < 1.29 is 26.5 Å². The second-order valence-electron chi connectivity index (χ2n) is 3.45. The molecule has 0 aliphatic rings. The number of nitro benzene ring substituents is 1. The van der Waals surface area contributed by atoms with E-state index in [1.807, 2.05) is 5.32 Å². The van der Waals surface area contributed by atoms with Gasteiger partial charge in [0.25, 0.3) is 5.69 Å². The lowest BCUT2D eigenvalue weighted by atomic mass is 10.2. The van der Waals surface area contributed by atoms with Crippen LogP contribution in [0.1, 0.15) is 0 Å². The first-order valence-electron chi connectivity index (χ1n) is 4.62. The number of sulfonamides is 1. The molecule has 7 nitrogen and oxygen atoms in total. The second-order valence-corrected chi connectivity index (χ2v) is 5.01. The van der Waals surface area contributed by atoms with Crippen molar-refractivity contribution in [2.75, 3.05) is 11.9 Å².